The molecule has 2 N–H and O–H groups in total. The number of carboxylic acid groups (broad SMARTS) is 1. The molecule has 116 valence electrons. The first-order chi connectivity index (χ1) is 9.06. The Morgan fingerprint density at radius 2 is 2.00 bits per heavy atom. The average molecular weight is 296 g/mol. The van der Waals surface area contributed by atoms with Gasteiger partial charge in [-0.2, -0.15) is 13.2 Å². The van der Waals surface area contributed by atoms with E-state index in [1.54, 1.807) is 0 Å². The second kappa shape index (κ2) is 5.88. The highest BCUT2D eigenvalue weighted by molar-refractivity contribution is 5.86. The van der Waals surface area contributed by atoms with Crippen LogP contribution in [0.25, 0.3) is 0 Å². The van der Waals surface area contributed by atoms with E-state index in [1.165, 1.54) is 13.8 Å². The number of urea groups is 1. The Balaban J connectivity index is 2.72. The van der Waals surface area contributed by atoms with Crippen LogP contribution in [-0.2, 0) is 4.79 Å². The topological polar surface area (TPSA) is 69.6 Å². The van der Waals surface area contributed by atoms with E-state index in [9.17, 15) is 27.9 Å². The number of hydrogen-bond donors (Lipinski definition) is 2. The maximum atomic E-state index is 12.2. The zero-order valence-electron chi connectivity index (χ0n) is 11.5. The third kappa shape index (κ3) is 4.01. The lowest BCUT2D eigenvalue weighted by Crippen LogP contribution is -2.61. The van der Waals surface area contributed by atoms with Crippen molar-refractivity contribution < 1.29 is 27.9 Å². The Kier molecular flexibility index (Phi) is 4.88. The van der Waals surface area contributed by atoms with Gasteiger partial charge in [-0.3, -0.25) is 0 Å². The van der Waals surface area contributed by atoms with Crippen LogP contribution in [0.15, 0.2) is 0 Å². The molecule has 1 heterocycles. The third-order valence-corrected chi connectivity index (χ3v) is 3.50. The summed E-state index contributed by atoms with van der Waals surface area (Å²) in [6.45, 7) is 2.89. The maximum Gasteiger partial charge on any atom is 0.391 e. The van der Waals surface area contributed by atoms with Gasteiger partial charge in [0, 0.05) is 12.6 Å². The molecule has 1 aliphatic heterocycles. The molecular weight excluding hydrogens is 277 g/mol. The molecule has 0 aromatic carbocycles. The van der Waals surface area contributed by atoms with Crippen molar-refractivity contribution in [3.63, 3.8) is 0 Å². The molecule has 1 fully saturated rings. The zero-order valence-corrected chi connectivity index (χ0v) is 11.5. The predicted octanol–water partition coefficient (Wildman–Crippen LogP) is 2.37. The molecule has 0 radical (unpaired) electrons. The number of piperidine rings is 1. The highest BCUT2D eigenvalue weighted by atomic mass is 19.4. The fourth-order valence-electron chi connectivity index (χ4n) is 2.36. The van der Waals surface area contributed by atoms with Crippen LogP contribution in [0, 0.1) is 0 Å². The van der Waals surface area contributed by atoms with Crippen molar-refractivity contribution in [1.82, 2.24) is 10.2 Å². The summed E-state index contributed by atoms with van der Waals surface area (Å²) in [4.78, 5) is 24.4. The van der Waals surface area contributed by atoms with E-state index >= 15 is 0 Å². The van der Waals surface area contributed by atoms with Gasteiger partial charge in [0.1, 0.15) is 5.54 Å². The monoisotopic (exact) mass is 296 g/mol. The molecule has 1 rings (SSSR count). The van der Waals surface area contributed by atoms with Gasteiger partial charge >= 0.3 is 18.2 Å². The lowest BCUT2D eigenvalue weighted by molar-refractivity contribution is -0.151. The van der Waals surface area contributed by atoms with Gasteiger partial charge in [-0.25, -0.2) is 9.59 Å². The van der Waals surface area contributed by atoms with Gasteiger partial charge in [0.2, 0.25) is 0 Å². The Labute approximate surface area is 115 Å². The molecule has 2 amide bonds. The standard InChI is InChI=1S/C12H19F3N2O3/c1-8(7-12(13,14)15)16-10(20)17-6-4-3-5-11(17,2)9(18)19/h8H,3-7H2,1-2H3,(H,16,20)(H,18,19). The van der Waals surface area contributed by atoms with Crippen LogP contribution in [0.1, 0.15) is 39.5 Å². The van der Waals surface area contributed by atoms with Crippen molar-refractivity contribution in [3.05, 3.63) is 0 Å². The molecule has 0 aromatic heterocycles. The van der Waals surface area contributed by atoms with Crippen LogP contribution in [-0.4, -0.2) is 46.3 Å². The molecule has 1 aliphatic rings. The summed E-state index contributed by atoms with van der Waals surface area (Å²) in [5, 5.41) is 11.5. The van der Waals surface area contributed by atoms with E-state index in [1.807, 2.05) is 0 Å². The van der Waals surface area contributed by atoms with Gasteiger partial charge in [-0.15, -0.1) is 0 Å². The lowest BCUT2D eigenvalue weighted by atomic mass is 9.89. The number of nitrogens with one attached hydrogen (secondary N) is 1. The van der Waals surface area contributed by atoms with E-state index in [2.05, 4.69) is 5.32 Å². The summed E-state index contributed by atoms with van der Waals surface area (Å²) in [6, 6.07) is -1.85. The molecular formula is C12H19F3N2O3. The second-order valence-electron chi connectivity index (χ2n) is 5.36. The Morgan fingerprint density at radius 3 is 2.50 bits per heavy atom. The number of halogens is 3. The number of likely N-dealkylation sites (tertiary alicyclic amines) is 1. The molecule has 0 aliphatic carbocycles. The quantitative estimate of drug-likeness (QED) is 0.840. The summed E-state index contributed by atoms with van der Waals surface area (Å²) in [5.41, 5.74) is -1.36. The molecule has 0 bridgehead atoms. The van der Waals surface area contributed by atoms with Crippen molar-refractivity contribution in [2.45, 2.75) is 57.3 Å². The Bertz CT molecular complexity index is 387. The van der Waals surface area contributed by atoms with Gasteiger partial charge in [0.05, 0.1) is 6.42 Å². The molecule has 0 saturated carbocycles. The zero-order chi connectivity index (χ0) is 15.6. The molecule has 8 heteroatoms. The van der Waals surface area contributed by atoms with Gasteiger partial charge in [-0.1, -0.05) is 0 Å². The normalized spacial score (nSPS) is 25.1. The van der Waals surface area contributed by atoms with Gasteiger partial charge in [-0.05, 0) is 33.1 Å². The van der Waals surface area contributed by atoms with Crippen molar-refractivity contribution in [3.8, 4) is 0 Å². The maximum absolute atomic E-state index is 12.2. The van der Waals surface area contributed by atoms with E-state index in [4.69, 9.17) is 0 Å². The van der Waals surface area contributed by atoms with Gasteiger partial charge in [0.15, 0.2) is 0 Å². The number of carbonyl (C=O) groups excluding carboxylic acids is 1. The number of amides is 2. The number of carbonyl (C=O) groups is 2. The number of rotatable bonds is 3. The summed E-state index contributed by atoms with van der Waals surface area (Å²) < 4.78 is 36.7. The number of nitrogens with zero attached hydrogens (tertiary/aromatic N) is 1. The van der Waals surface area contributed by atoms with Crippen molar-refractivity contribution in [2.24, 2.45) is 0 Å². The van der Waals surface area contributed by atoms with Crippen LogP contribution in [0.5, 0.6) is 0 Å². The minimum Gasteiger partial charge on any atom is -0.480 e. The summed E-state index contributed by atoms with van der Waals surface area (Å²) in [5.74, 6) is -1.14. The molecule has 5 nitrogen and oxygen atoms in total. The first-order valence-corrected chi connectivity index (χ1v) is 6.44. The molecule has 2 unspecified atom stereocenters. The molecule has 2 atom stereocenters. The first-order valence-electron chi connectivity index (χ1n) is 6.44. The van der Waals surface area contributed by atoms with Gasteiger partial charge in [0.25, 0.3) is 0 Å². The van der Waals surface area contributed by atoms with E-state index in [-0.39, 0.29) is 6.54 Å². The van der Waals surface area contributed by atoms with Crippen LogP contribution in [0.3, 0.4) is 0 Å². The first kappa shape index (κ1) is 16.6. The predicted molar refractivity (Wildman–Crippen MR) is 65.3 cm³/mol. The molecule has 0 aromatic rings. The lowest BCUT2D eigenvalue weighted by Gasteiger charge is -2.41. The number of hydrogen-bond acceptors (Lipinski definition) is 2. The second-order valence-corrected chi connectivity index (χ2v) is 5.36. The van der Waals surface area contributed by atoms with Crippen molar-refractivity contribution >= 4 is 12.0 Å². The van der Waals surface area contributed by atoms with E-state index in [0.29, 0.717) is 19.3 Å². The Hall–Kier alpha value is -1.47. The van der Waals surface area contributed by atoms with Crippen molar-refractivity contribution in [2.75, 3.05) is 6.54 Å². The SMILES string of the molecule is CC(CC(F)(F)F)NC(=O)N1CCCCC1(C)C(=O)O. The van der Waals surface area contributed by atoms with Gasteiger partial charge < -0.3 is 15.3 Å². The average Bonchev–Trinajstić information content (AvgIpc) is 2.26. The third-order valence-electron chi connectivity index (χ3n) is 3.50. The van der Waals surface area contributed by atoms with E-state index < -0.39 is 36.2 Å². The highest BCUT2D eigenvalue weighted by Crippen LogP contribution is 2.28. The van der Waals surface area contributed by atoms with Crippen LogP contribution in [0.4, 0.5) is 18.0 Å². The Morgan fingerprint density at radius 1 is 1.40 bits per heavy atom. The smallest absolute Gasteiger partial charge is 0.391 e. The highest BCUT2D eigenvalue weighted by Gasteiger charge is 2.44. The summed E-state index contributed by atoms with van der Waals surface area (Å²) in [7, 11) is 0. The van der Waals surface area contributed by atoms with Crippen molar-refractivity contribution in [1.29, 1.82) is 0 Å². The number of aliphatic carboxylic acids is 1. The van der Waals surface area contributed by atoms with Crippen LogP contribution < -0.4 is 5.32 Å². The number of carboxylic acids is 1. The van der Waals surface area contributed by atoms with Crippen LogP contribution >= 0.6 is 0 Å². The molecule has 20 heavy (non-hydrogen) atoms. The fourth-order valence-corrected chi connectivity index (χ4v) is 2.36. The number of alkyl halides is 3. The largest absolute Gasteiger partial charge is 0.480 e. The molecule has 1 saturated heterocycles. The van der Waals surface area contributed by atoms with Crippen LogP contribution in [0.2, 0.25) is 0 Å². The fraction of sp³-hybridized carbons (Fsp3) is 0.833. The minimum atomic E-state index is -4.37. The molecule has 0 spiro atoms. The van der Waals surface area contributed by atoms with E-state index in [0.717, 1.165) is 4.90 Å². The summed E-state index contributed by atoms with van der Waals surface area (Å²) in [6.07, 6.45) is -3.90. The minimum absolute atomic E-state index is 0.230. The summed E-state index contributed by atoms with van der Waals surface area (Å²) >= 11 is 0.